The molecule has 0 unspecified atom stereocenters. The highest BCUT2D eigenvalue weighted by Crippen LogP contribution is 2.26. The summed E-state index contributed by atoms with van der Waals surface area (Å²) in [5.74, 6) is 0.780. The predicted molar refractivity (Wildman–Crippen MR) is 88.7 cm³/mol. The van der Waals surface area contributed by atoms with Crippen LogP contribution in [0.2, 0.25) is 5.02 Å². The van der Waals surface area contributed by atoms with E-state index in [2.05, 4.69) is 10.2 Å². The van der Waals surface area contributed by atoms with Crippen LogP contribution in [0.3, 0.4) is 0 Å². The van der Waals surface area contributed by atoms with Gasteiger partial charge in [0.2, 0.25) is 0 Å². The summed E-state index contributed by atoms with van der Waals surface area (Å²) in [6.07, 6.45) is 0. The molecule has 0 bridgehead atoms. The van der Waals surface area contributed by atoms with Gasteiger partial charge in [-0.05, 0) is 26.0 Å². The summed E-state index contributed by atoms with van der Waals surface area (Å²) >= 11 is 5.90. The molecule has 3 aromatic rings. The van der Waals surface area contributed by atoms with Gasteiger partial charge in [-0.3, -0.25) is 10.1 Å². The van der Waals surface area contributed by atoms with Crippen LogP contribution in [0.25, 0.3) is 11.5 Å². The number of rotatable bonds is 5. The number of aromatic nitrogens is 2. The topological polar surface area (TPSA) is 122 Å². The molecule has 2 heterocycles. The Bertz CT molecular complexity index is 994. The van der Waals surface area contributed by atoms with E-state index in [1.807, 2.05) is 0 Å². The van der Waals surface area contributed by atoms with Crippen LogP contribution in [-0.2, 0) is 11.3 Å². The van der Waals surface area contributed by atoms with Gasteiger partial charge >= 0.3 is 5.97 Å². The third-order valence-corrected chi connectivity index (χ3v) is 3.78. The molecule has 0 aliphatic heterocycles. The van der Waals surface area contributed by atoms with E-state index < -0.39 is 10.9 Å². The van der Waals surface area contributed by atoms with Crippen molar-refractivity contribution in [3.05, 3.63) is 62.4 Å². The smallest absolute Gasteiger partial charge is 0.340 e. The average Bonchev–Trinajstić information content (AvgIpc) is 3.18. The summed E-state index contributed by atoms with van der Waals surface area (Å²) < 4.78 is 15.9. The van der Waals surface area contributed by atoms with Gasteiger partial charge in [0.15, 0.2) is 6.61 Å². The van der Waals surface area contributed by atoms with Gasteiger partial charge in [-0.2, -0.15) is 0 Å². The molecule has 10 heteroatoms. The highest BCUT2D eigenvalue weighted by Gasteiger charge is 2.19. The predicted octanol–water partition coefficient (Wildman–Crippen LogP) is 3.87. The molecular formula is C16H12ClN3O6. The minimum absolute atomic E-state index is 0.0383. The molecule has 1 aromatic carbocycles. The zero-order chi connectivity index (χ0) is 18.8. The molecule has 0 atom stereocenters. The summed E-state index contributed by atoms with van der Waals surface area (Å²) in [5.41, 5.74) is 0.253. The van der Waals surface area contributed by atoms with Crippen molar-refractivity contribution in [1.29, 1.82) is 0 Å². The molecule has 0 spiro atoms. The Kier molecular flexibility index (Phi) is 4.72. The van der Waals surface area contributed by atoms with Crippen LogP contribution in [0, 0.1) is 24.0 Å². The summed E-state index contributed by atoms with van der Waals surface area (Å²) in [6.45, 7) is 3.25. The summed E-state index contributed by atoms with van der Waals surface area (Å²) in [6, 6.07) is 5.24. The van der Waals surface area contributed by atoms with E-state index in [0.29, 0.717) is 17.1 Å². The van der Waals surface area contributed by atoms with Gasteiger partial charge in [0.25, 0.3) is 17.5 Å². The quantitative estimate of drug-likeness (QED) is 0.373. The second-order valence-electron chi connectivity index (χ2n) is 5.33. The van der Waals surface area contributed by atoms with Crippen LogP contribution in [0.1, 0.15) is 27.8 Å². The number of hydrogen-bond acceptors (Lipinski definition) is 8. The summed E-state index contributed by atoms with van der Waals surface area (Å²) in [4.78, 5) is 22.3. The van der Waals surface area contributed by atoms with Crippen molar-refractivity contribution in [2.75, 3.05) is 0 Å². The van der Waals surface area contributed by atoms with Crippen molar-refractivity contribution >= 4 is 23.3 Å². The molecule has 0 N–H and O–H groups in total. The molecule has 0 saturated carbocycles. The minimum Gasteiger partial charge on any atom is -0.466 e. The Morgan fingerprint density at radius 2 is 2.04 bits per heavy atom. The number of benzene rings is 1. The molecule has 26 heavy (non-hydrogen) atoms. The largest absolute Gasteiger partial charge is 0.466 e. The number of carbonyl (C=O) groups is 1. The highest BCUT2D eigenvalue weighted by atomic mass is 35.5. The van der Waals surface area contributed by atoms with Crippen LogP contribution >= 0.6 is 11.6 Å². The van der Waals surface area contributed by atoms with Crippen LogP contribution in [-0.4, -0.2) is 21.1 Å². The van der Waals surface area contributed by atoms with Crippen LogP contribution in [0.15, 0.2) is 33.1 Å². The molecule has 134 valence electrons. The monoisotopic (exact) mass is 377 g/mol. The van der Waals surface area contributed by atoms with Gasteiger partial charge in [-0.1, -0.05) is 11.6 Å². The first-order valence-corrected chi connectivity index (χ1v) is 7.74. The number of nitro groups is 1. The Labute approximate surface area is 151 Å². The lowest BCUT2D eigenvalue weighted by Gasteiger charge is -2.04. The number of halogens is 1. The van der Waals surface area contributed by atoms with E-state index >= 15 is 0 Å². The number of nitrogens with zero attached hydrogens (tertiary/aromatic N) is 3. The molecule has 0 aliphatic carbocycles. The first-order valence-electron chi connectivity index (χ1n) is 7.36. The zero-order valence-corrected chi connectivity index (χ0v) is 14.4. The Morgan fingerprint density at radius 3 is 2.69 bits per heavy atom. The van der Waals surface area contributed by atoms with Gasteiger partial charge in [0.05, 0.1) is 21.1 Å². The van der Waals surface area contributed by atoms with E-state index in [-0.39, 0.29) is 34.7 Å². The number of aryl methyl sites for hydroxylation is 2. The fourth-order valence-corrected chi connectivity index (χ4v) is 2.45. The Hall–Kier alpha value is -3.20. The second-order valence-corrected chi connectivity index (χ2v) is 5.73. The number of furan rings is 1. The van der Waals surface area contributed by atoms with Crippen molar-refractivity contribution in [3.8, 4) is 11.5 Å². The fraction of sp³-hybridized carbons (Fsp3) is 0.188. The molecule has 2 aromatic heterocycles. The minimum atomic E-state index is -0.839. The highest BCUT2D eigenvalue weighted by molar-refractivity contribution is 6.33. The standard InChI is InChI=1S/C16H12ClN3O6/c1-8-5-11(9(2)25-8)15-19-18-14(26-15)7-24-16(21)12-6-10(20(22)23)3-4-13(12)17/h3-6H,7H2,1-2H3. The number of nitro benzene ring substituents is 1. The Balaban J connectivity index is 1.72. The normalized spacial score (nSPS) is 10.7. The summed E-state index contributed by atoms with van der Waals surface area (Å²) in [5, 5.41) is 18.5. The van der Waals surface area contributed by atoms with Crippen LogP contribution in [0.5, 0.6) is 0 Å². The first-order chi connectivity index (χ1) is 12.3. The third kappa shape index (κ3) is 3.57. The van der Waals surface area contributed by atoms with Gasteiger partial charge in [0.1, 0.15) is 11.5 Å². The molecule has 0 saturated heterocycles. The van der Waals surface area contributed by atoms with E-state index in [9.17, 15) is 14.9 Å². The maximum atomic E-state index is 12.1. The maximum absolute atomic E-state index is 12.1. The van der Waals surface area contributed by atoms with Gasteiger partial charge in [-0.15, -0.1) is 10.2 Å². The van der Waals surface area contributed by atoms with Crippen molar-refractivity contribution < 1.29 is 23.3 Å². The van der Waals surface area contributed by atoms with Gasteiger partial charge < -0.3 is 13.6 Å². The zero-order valence-electron chi connectivity index (χ0n) is 13.7. The lowest BCUT2D eigenvalue weighted by molar-refractivity contribution is -0.384. The van der Waals surface area contributed by atoms with E-state index in [1.165, 1.54) is 12.1 Å². The molecule has 3 rings (SSSR count). The van der Waals surface area contributed by atoms with Crippen molar-refractivity contribution in [2.24, 2.45) is 0 Å². The maximum Gasteiger partial charge on any atom is 0.340 e. The van der Waals surface area contributed by atoms with Gasteiger partial charge in [0, 0.05) is 12.1 Å². The molecule has 0 aliphatic rings. The fourth-order valence-electron chi connectivity index (χ4n) is 2.25. The molecule has 9 nitrogen and oxygen atoms in total. The van der Waals surface area contributed by atoms with E-state index in [4.69, 9.17) is 25.2 Å². The van der Waals surface area contributed by atoms with E-state index in [1.54, 1.807) is 19.9 Å². The molecular weight excluding hydrogens is 366 g/mol. The summed E-state index contributed by atoms with van der Waals surface area (Å²) in [7, 11) is 0. The van der Waals surface area contributed by atoms with E-state index in [0.717, 1.165) is 6.07 Å². The number of esters is 1. The molecule has 0 radical (unpaired) electrons. The first kappa shape index (κ1) is 17.6. The van der Waals surface area contributed by atoms with Gasteiger partial charge in [-0.25, -0.2) is 4.79 Å². The number of non-ortho nitro benzene ring substituents is 1. The SMILES string of the molecule is Cc1cc(-c2nnc(COC(=O)c3cc([N+](=O)[O-])ccc3Cl)o2)c(C)o1. The molecule has 0 amide bonds. The lowest BCUT2D eigenvalue weighted by atomic mass is 10.2. The van der Waals surface area contributed by atoms with Crippen LogP contribution < -0.4 is 0 Å². The van der Waals surface area contributed by atoms with Crippen LogP contribution in [0.4, 0.5) is 5.69 Å². The van der Waals surface area contributed by atoms with Crippen molar-refractivity contribution in [2.45, 2.75) is 20.5 Å². The third-order valence-electron chi connectivity index (χ3n) is 3.45. The number of hydrogen-bond donors (Lipinski definition) is 0. The number of ether oxygens (including phenoxy) is 1. The lowest BCUT2D eigenvalue weighted by Crippen LogP contribution is -2.07. The average molecular weight is 378 g/mol. The van der Waals surface area contributed by atoms with Crippen molar-refractivity contribution in [1.82, 2.24) is 10.2 Å². The molecule has 0 fully saturated rings. The second kappa shape index (κ2) is 6.96. The Morgan fingerprint density at radius 1 is 1.27 bits per heavy atom. The number of carbonyl (C=O) groups excluding carboxylic acids is 1. The van der Waals surface area contributed by atoms with Crippen molar-refractivity contribution in [3.63, 3.8) is 0 Å².